The standard InChI is InChI=1S/C14H17BrN4O.CH4O/c1-19-12-9(7-11(15)13(19)20)8-16-14(18-12)17-10-5-3-2-4-6-10;1-2/h7-8,10H,2-6H2,1H3,(H,16,17,18);2H,1H3. The fourth-order valence-corrected chi connectivity index (χ4v) is 3.22. The normalized spacial score (nSPS) is 15.3. The van der Waals surface area contributed by atoms with Crippen molar-refractivity contribution in [3.05, 3.63) is 27.1 Å². The number of aromatic nitrogens is 3. The maximum absolute atomic E-state index is 11.9. The summed E-state index contributed by atoms with van der Waals surface area (Å²) in [5.74, 6) is 0.613. The molecule has 2 N–H and O–H groups in total. The van der Waals surface area contributed by atoms with E-state index in [9.17, 15) is 4.79 Å². The van der Waals surface area contributed by atoms with Crippen LogP contribution in [0.4, 0.5) is 5.95 Å². The van der Waals surface area contributed by atoms with Gasteiger partial charge in [0.05, 0.1) is 4.47 Å². The van der Waals surface area contributed by atoms with Gasteiger partial charge in [-0.15, -0.1) is 0 Å². The number of aliphatic hydroxyl groups excluding tert-OH is 1. The highest BCUT2D eigenvalue weighted by Crippen LogP contribution is 2.21. The van der Waals surface area contributed by atoms with Crippen LogP contribution in [-0.4, -0.2) is 32.8 Å². The average molecular weight is 369 g/mol. The first kappa shape index (κ1) is 16.9. The summed E-state index contributed by atoms with van der Waals surface area (Å²) in [7, 11) is 2.73. The molecule has 0 radical (unpaired) electrons. The molecule has 0 amide bonds. The van der Waals surface area contributed by atoms with Crippen molar-refractivity contribution in [2.24, 2.45) is 7.05 Å². The molecule has 1 saturated carbocycles. The predicted octanol–water partition coefficient (Wildman–Crippen LogP) is 2.44. The van der Waals surface area contributed by atoms with Crippen molar-refractivity contribution in [2.75, 3.05) is 12.4 Å². The minimum Gasteiger partial charge on any atom is -0.400 e. The summed E-state index contributed by atoms with van der Waals surface area (Å²) >= 11 is 3.26. The number of aryl methyl sites for hydroxylation is 1. The van der Waals surface area contributed by atoms with Crippen molar-refractivity contribution in [3.63, 3.8) is 0 Å². The highest BCUT2D eigenvalue weighted by molar-refractivity contribution is 9.10. The molecule has 0 unspecified atom stereocenters. The van der Waals surface area contributed by atoms with E-state index in [2.05, 4.69) is 31.2 Å². The van der Waals surface area contributed by atoms with Crippen molar-refractivity contribution in [1.82, 2.24) is 14.5 Å². The fourth-order valence-electron chi connectivity index (χ4n) is 2.71. The van der Waals surface area contributed by atoms with Crippen LogP contribution in [0.25, 0.3) is 11.0 Å². The quantitative estimate of drug-likeness (QED) is 0.850. The molecule has 7 heteroatoms. The molecule has 3 rings (SSSR count). The Bertz CT molecular complexity index is 696. The molecule has 0 spiro atoms. The summed E-state index contributed by atoms with van der Waals surface area (Å²) in [6.45, 7) is 0. The highest BCUT2D eigenvalue weighted by Gasteiger charge is 2.15. The maximum Gasteiger partial charge on any atom is 0.266 e. The van der Waals surface area contributed by atoms with Gasteiger partial charge in [-0.3, -0.25) is 9.36 Å². The van der Waals surface area contributed by atoms with Gasteiger partial charge in [-0.05, 0) is 34.8 Å². The van der Waals surface area contributed by atoms with Gasteiger partial charge in [0.1, 0.15) is 5.65 Å². The second-order valence-electron chi connectivity index (χ2n) is 5.31. The number of pyridine rings is 1. The van der Waals surface area contributed by atoms with E-state index in [-0.39, 0.29) is 5.56 Å². The molecule has 2 aromatic heterocycles. The zero-order valence-corrected chi connectivity index (χ0v) is 14.4. The number of nitrogens with zero attached hydrogens (tertiary/aromatic N) is 3. The van der Waals surface area contributed by atoms with E-state index >= 15 is 0 Å². The van der Waals surface area contributed by atoms with Crippen LogP contribution in [0, 0.1) is 0 Å². The molecule has 0 aromatic carbocycles. The van der Waals surface area contributed by atoms with Gasteiger partial charge in [-0.2, -0.15) is 4.98 Å². The minimum absolute atomic E-state index is 0.0835. The van der Waals surface area contributed by atoms with Crippen molar-refractivity contribution < 1.29 is 5.11 Å². The molecular weight excluding hydrogens is 348 g/mol. The van der Waals surface area contributed by atoms with Crippen LogP contribution in [0.2, 0.25) is 0 Å². The lowest BCUT2D eigenvalue weighted by Crippen LogP contribution is -2.24. The van der Waals surface area contributed by atoms with Crippen LogP contribution in [0.1, 0.15) is 32.1 Å². The van der Waals surface area contributed by atoms with E-state index in [0.29, 0.717) is 22.1 Å². The van der Waals surface area contributed by atoms with Gasteiger partial charge < -0.3 is 10.4 Å². The first-order valence-corrected chi connectivity index (χ1v) is 8.18. The van der Waals surface area contributed by atoms with Crippen LogP contribution in [-0.2, 0) is 7.05 Å². The van der Waals surface area contributed by atoms with Crippen LogP contribution in [0.5, 0.6) is 0 Å². The molecule has 2 aromatic rings. The van der Waals surface area contributed by atoms with Crippen molar-refractivity contribution >= 4 is 32.9 Å². The number of hydrogen-bond acceptors (Lipinski definition) is 5. The Morgan fingerprint density at radius 2 is 2.00 bits per heavy atom. The van der Waals surface area contributed by atoms with E-state index < -0.39 is 0 Å². The largest absolute Gasteiger partial charge is 0.400 e. The summed E-state index contributed by atoms with van der Waals surface area (Å²) in [6.07, 6.45) is 7.94. The van der Waals surface area contributed by atoms with E-state index in [1.54, 1.807) is 23.9 Å². The Morgan fingerprint density at radius 1 is 1.32 bits per heavy atom. The van der Waals surface area contributed by atoms with Crippen LogP contribution in [0.15, 0.2) is 21.5 Å². The molecule has 1 aliphatic rings. The molecule has 0 bridgehead atoms. The fraction of sp³-hybridized carbons (Fsp3) is 0.533. The van der Waals surface area contributed by atoms with Crippen molar-refractivity contribution in [3.8, 4) is 0 Å². The molecule has 120 valence electrons. The lowest BCUT2D eigenvalue weighted by Gasteiger charge is -2.22. The van der Waals surface area contributed by atoms with E-state index in [1.165, 1.54) is 32.1 Å². The van der Waals surface area contributed by atoms with Gasteiger partial charge in [0.25, 0.3) is 5.56 Å². The number of hydrogen-bond donors (Lipinski definition) is 2. The molecule has 0 aliphatic heterocycles. The smallest absolute Gasteiger partial charge is 0.266 e. The second-order valence-corrected chi connectivity index (χ2v) is 6.16. The molecule has 2 heterocycles. The van der Waals surface area contributed by atoms with Gasteiger partial charge in [0, 0.05) is 31.8 Å². The molecule has 0 atom stereocenters. The molecule has 6 nitrogen and oxygen atoms in total. The molecule has 1 aliphatic carbocycles. The van der Waals surface area contributed by atoms with Crippen LogP contribution < -0.4 is 10.9 Å². The first-order chi connectivity index (χ1) is 10.6. The zero-order valence-electron chi connectivity index (χ0n) is 12.8. The van der Waals surface area contributed by atoms with E-state index in [1.807, 2.05) is 0 Å². The number of rotatable bonds is 2. The van der Waals surface area contributed by atoms with Crippen LogP contribution in [0.3, 0.4) is 0 Å². The number of aliphatic hydroxyl groups is 1. The summed E-state index contributed by atoms with van der Waals surface area (Å²) in [5, 5.41) is 11.2. The maximum atomic E-state index is 11.9. The first-order valence-electron chi connectivity index (χ1n) is 7.38. The predicted molar refractivity (Wildman–Crippen MR) is 91.1 cm³/mol. The Balaban J connectivity index is 0.000000847. The van der Waals surface area contributed by atoms with E-state index in [0.717, 1.165) is 12.5 Å². The number of halogens is 1. The second kappa shape index (κ2) is 7.69. The van der Waals surface area contributed by atoms with Gasteiger partial charge in [0.15, 0.2) is 0 Å². The van der Waals surface area contributed by atoms with Crippen LogP contribution >= 0.6 is 15.9 Å². The Labute approximate surface area is 137 Å². The number of fused-ring (bicyclic) bond motifs is 1. The third-order valence-electron chi connectivity index (χ3n) is 3.84. The Hall–Kier alpha value is -1.47. The van der Waals surface area contributed by atoms with Gasteiger partial charge in [-0.1, -0.05) is 19.3 Å². The SMILES string of the molecule is CO.Cn1c(=O)c(Br)cc2cnc(NC3CCCCC3)nc21. The van der Waals surface area contributed by atoms with Crippen molar-refractivity contribution in [1.29, 1.82) is 0 Å². The third kappa shape index (κ3) is 3.64. The van der Waals surface area contributed by atoms with Gasteiger partial charge in [-0.25, -0.2) is 4.98 Å². The molecule has 22 heavy (non-hydrogen) atoms. The molecule has 0 saturated heterocycles. The number of anilines is 1. The molecular formula is C15H21BrN4O2. The van der Waals surface area contributed by atoms with Gasteiger partial charge in [0.2, 0.25) is 5.95 Å². The number of nitrogens with one attached hydrogen (secondary N) is 1. The Morgan fingerprint density at radius 3 is 2.68 bits per heavy atom. The monoisotopic (exact) mass is 368 g/mol. The van der Waals surface area contributed by atoms with Crippen molar-refractivity contribution in [2.45, 2.75) is 38.1 Å². The minimum atomic E-state index is -0.0835. The lowest BCUT2D eigenvalue weighted by atomic mass is 9.96. The topological polar surface area (TPSA) is 80.0 Å². The summed E-state index contributed by atoms with van der Waals surface area (Å²) in [5.41, 5.74) is 0.575. The summed E-state index contributed by atoms with van der Waals surface area (Å²) < 4.78 is 2.08. The summed E-state index contributed by atoms with van der Waals surface area (Å²) in [6, 6.07) is 2.22. The average Bonchev–Trinajstić information content (AvgIpc) is 2.56. The van der Waals surface area contributed by atoms with Gasteiger partial charge >= 0.3 is 0 Å². The van der Waals surface area contributed by atoms with E-state index in [4.69, 9.17) is 5.11 Å². The Kier molecular flexibility index (Phi) is 5.90. The zero-order chi connectivity index (χ0) is 16.1. The molecule has 1 fully saturated rings. The third-order valence-corrected chi connectivity index (χ3v) is 4.41. The highest BCUT2D eigenvalue weighted by atomic mass is 79.9. The summed E-state index contributed by atoms with van der Waals surface area (Å²) in [4.78, 5) is 20.8. The lowest BCUT2D eigenvalue weighted by molar-refractivity contribution is 0.399.